The van der Waals surface area contributed by atoms with Gasteiger partial charge in [0.1, 0.15) is 0 Å². The minimum absolute atomic E-state index is 0.740. The first kappa shape index (κ1) is 14.6. The Morgan fingerprint density at radius 3 is 2.50 bits per heavy atom. The number of nitrogens with zero attached hydrogens (tertiary/aromatic N) is 1. The summed E-state index contributed by atoms with van der Waals surface area (Å²) in [5.41, 5.74) is 1.09. The van der Waals surface area contributed by atoms with Gasteiger partial charge in [-0.25, -0.2) is 0 Å². The summed E-state index contributed by atoms with van der Waals surface area (Å²) in [5.74, 6) is 0.769. The fraction of sp³-hybridized carbons (Fsp3) is 0.625. The lowest BCUT2D eigenvalue weighted by atomic mass is 9.98. The van der Waals surface area contributed by atoms with Crippen LogP contribution < -0.4 is 5.32 Å². The maximum Gasteiger partial charge on any atom is 0.0465 e. The van der Waals surface area contributed by atoms with E-state index >= 15 is 0 Å². The van der Waals surface area contributed by atoms with Crippen LogP contribution in [0.3, 0.4) is 0 Å². The van der Waals surface area contributed by atoms with Gasteiger partial charge >= 0.3 is 0 Å². The lowest BCUT2D eigenvalue weighted by molar-refractivity contribution is 0.193. The van der Waals surface area contributed by atoms with Gasteiger partial charge in [0.05, 0.1) is 0 Å². The summed E-state index contributed by atoms with van der Waals surface area (Å²) in [4.78, 5) is 2.59. The molecule has 0 radical (unpaired) electrons. The van der Waals surface area contributed by atoms with Crippen molar-refractivity contribution in [1.29, 1.82) is 0 Å². The van der Waals surface area contributed by atoms with Crippen molar-refractivity contribution < 1.29 is 0 Å². The van der Waals surface area contributed by atoms with Crippen molar-refractivity contribution in [3.63, 3.8) is 0 Å². The van der Waals surface area contributed by atoms with Crippen molar-refractivity contribution in [3.05, 3.63) is 33.8 Å². The van der Waals surface area contributed by atoms with Crippen LogP contribution in [0.1, 0.15) is 31.2 Å². The summed E-state index contributed by atoms with van der Waals surface area (Å²) >= 11 is 12.6. The van der Waals surface area contributed by atoms with Crippen molar-refractivity contribution in [3.8, 4) is 0 Å². The highest BCUT2D eigenvalue weighted by Crippen LogP contribution is 2.33. The zero-order chi connectivity index (χ0) is 13.9. The average molecular weight is 313 g/mol. The molecule has 3 rings (SSSR count). The Morgan fingerprint density at radius 2 is 1.90 bits per heavy atom. The number of benzene rings is 1. The van der Waals surface area contributed by atoms with Gasteiger partial charge in [-0.3, -0.25) is 4.90 Å². The molecule has 2 fully saturated rings. The molecule has 1 N–H and O–H groups in total. The Labute approximate surface area is 131 Å². The highest BCUT2D eigenvalue weighted by molar-refractivity contribution is 6.35. The molecule has 0 amide bonds. The number of halogens is 2. The van der Waals surface area contributed by atoms with Crippen molar-refractivity contribution >= 4 is 23.2 Å². The zero-order valence-electron chi connectivity index (χ0n) is 11.7. The molecule has 1 aromatic carbocycles. The van der Waals surface area contributed by atoms with Crippen molar-refractivity contribution in [2.45, 2.75) is 38.3 Å². The Hall–Kier alpha value is -0.280. The van der Waals surface area contributed by atoms with Gasteiger partial charge in [-0.1, -0.05) is 29.3 Å². The van der Waals surface area contributed by atoms with E-state index < -0.39 is 0 Å². The highest BCUT2D eigenvalue weighted by atomic mass is 35.5. The summed E-state index contributed by atoms with van der Waals surface area (Å²) in [6, 6.07) is 6.54. The van der Waals surface area contributed by atoms with E-state index in [1.54, 1.807) is 0 Å². The van der Waals surface area contributed by atoms with Crippen LogP contribution in [0.2, 0.25) is 10.0 Å². The van der Waals surface area contributed by atoms with E-state index in [4.69, 9.17) is 23.2 Å². The summed E-state index contributed by atoms with van der Waals surface area (Å²) in [5, 5.41) is 5.10. The van der Waals surface area contributed by atoms with Gasteiger partial charge in [0.2, 0.25) is 0 Å². The van der Waals surface area contributed by atoms with Crippen LogP contribution in [0.4, 0.5) is 0 Å². The standard InChI is InChI=1S/C16H22Cl2N2/c17-15-4-1-5-16(18)14(15)11-20(13-6-7-13)10-12-3-2-8-19-9-12/h1,4-5,12-13,19H,2-3,6-11H2. The molecule has 20 heavy (non-hydrogen) atoms. The molecule has 0 bridgehead atoms. The third kappa shape index (κ3) is 3.67. The van der Waals surface area contributed by atoms with Gasteiger partial charge in [0, 0.05) is 34.7 Å². The Bertz CT molecular complexity index is 434. The van der Waals surface area contributed by atoms with Crippen LogP contribution >= 0.6 is 23.2 Å². The molecule has 1 saturated heterocycles. The number of rotatable bonds is 5. The monoisotopic (exact) mass is 312 g/mol. The van der Waals surface area contributed by atoms with Crippen LogP contribution in [0.25, 0.3) is 0 Å². The first-order chi connectivity index (χ1) is 9.74. The number of nitrogens with one attached hydrogen (secondary N) is 1. The second kappa shape index (κ2) is 6.65. The smallest absolute Gasteiger partial charge is 0.0465 e. The van der Waals surface area contributed by atoms with E-state index in [2.05, 4.69) is 10.2 Å². The minimum atomic E-state index is 0.740. The fourth-order valence-corrected chi connectivity index (χ4v) is 3.60. The second-order valence-electron chi connectivity index (χ2n) is 6.07. The molecule has 0 spiro atoms. The molecule has 2 aliphatic rings. The lowest BCUT2D eigenvalue weighted by Gasteiger charge is -2.30. The van der Waals surface area contributed by atoms with Crippen LogP contribution in [0.15, 0.2) is 18.2 Å². The molecular formula is C16H22Cl2N2. The van der Waals surface area contributed by atoms with Crippen molar-refractivity contribution in [2.75, 3.05) is 19.6 Å². The summed E-state index contributed by atoms with van der Waals surface area (Å²) in [6.07, 6.45) is 5.28. The third-order valence-corrected chi connectivity index (χ3v) is 5.09. The Morgan fingerprint density at radius 1 is 1.15 bits per heavy atom. The topological polar surface area (TPSA) is 15.3 Å². The molecule has 0 aromatic heterocycles. The van der Waals surface area contributed by atoms with Crippen molar-refractivity contribution in [2.24, 2.45) is 5.92 Å². The molecule has 1 aliphatic heterocycles. The van der Waals surface area contributed by atoms with Gasteiger partial charge < -0.3 is 5.32 Å². The van der Waals surface area contributed by atoms with Gasteiger partial charge in [0.15, 0.2) is 0 Å². The van der Waals surface area contributed by atoms with Crippen LogP contribution in [0.5, 0.6) is 0 Å². The Kier molecular flexibility index (Phi) is 4.87. The minimum Gasteiger partial charge on any atom is -0.316 e. The summed E-state index contributed by atoms with van der Waals surface area (Å²) in [6.45, 7) is 4.38. The largest absolute Gasteiger partial charge is 0.316 e. The molecule has 1 unspecified atom stereocenters. The van der Waals surface area contributed by atoms with Crippen LogP contribution in [0, 0.1) is 5.92 Å². The van der Waals surface area contributed by atoms with E-state index in [9.17, 15) is 0 Å². The number of piperidine rings is 1. The first-order valence-corrected chi connectivity index (χ1v) is 8.37. The first-order valence-electron chi connectivity index (χ1n) is 7.61. The molecule has 1 heterocycles. The molecule has 4 heteroatoms. The maximum atomic E-state index is 6.32. The van der Waals surface area contributed by atoms with Gasteiger partial charge in [-0.05, 0) is 56.8 Å². The third-order valence-electron chi connectivity index (χ3n) is 4.38. The van der Waals surface area contributed by atoms with E-state index in [0.29, 0.717) is 0 Å². The van der Waals surface area contributed by atoms with Crippen molar-refractivity contribution in [1.82, 2.24) is 10.2 Å². The van der Waals surface area contributed by atoms with Gasteiger partial charge in [-0.15, -0.1) is 0 Å². The van der Waals surface area contributed by atoms with E-state index in [1.807, 2.05) is 18.2 Å². The predicted molar refractivity (Wildman–Crippen MR) is 85.5 cm³/mol. The number of hydrogen-bond acceptors (Lipinski definition) is 2. The highest BCUT2D eigenvalue weighted by Gasteiger charge is 2.31. The summed E-state index contributed by atoms with van der Waals surface area (Å²) < 4.78 is 0. The quantitative estimate of drug-likeness (QED) is 0.885. The van der Waals surface area contributed by atoms with Crippen LogP contribution in [-0.2, 0) is 6.54 Å². The van der Waals surface area contributed by atoms with E-state index in [0.717, 1.165) is 40.7 Å². The molecule has 1 aliphatic carbocycles. The lowest BCUT2D eigenvalue weighted by Crippen LogP contribution is -2.39. The fourth-order valence-electron chi connectivity index (χ4n) is 3.08. The molecule has 2 nitrogen and oxygen atoms in total. The predicted octanol–water partition coefficient (Wildman–Crippen LogP) is 3.96. The molecular weight excluding hydrogens is 291 g/mol. The second-order valence-corrected chi connectivity index (χ2v) is 6.89. The van der Waals surface area contributed by atoms with Crippen LogP contribution in [-0.4, -0.2) is 30.6 Å². The maximum absolute atomic E-state index is 6.32. The molecule has 1 atom stereocenters. The molecule has 1 aromatic rings. The number of hydrogen-bond donors (Lipinski definition) is 1. The normalized spacial score (nSPS) is 23.2. The van der Waals surface area contributed by atoms with E-state index in [1.165, 1.54) is 38.8 Å². The molecule has 110 valence electrons. The van der Waals surface area contributed by atoms with E-state index in [-0.39, 0.29) is 0 Å². The molecule has 1 saturated carbocycles. The van der Waals surface area contributed by atoms with Gasteiger partial charge in [-0.2, -0.15) is 0 Å². The van der Waals surface area contributed by atoms with Gasteiger partial charge in [0.25, 0.3) is 0 Å². The SMILES string of the molecule is Clc1cccc(Cl)c1CN(CC1CCCNC1)C1CC1. The average Bonchev–Trinajstić information content (AvgIpc) is 3.27. The zero-order valence-corrected chi connectivity index (χ0v) is 13.3. The summed E-state index contributed by atoms with van der Waals surface area (Å²) in [7, 11) is 0. The Balaban J connectivity index is 1.68.